The van der Waals surface area contributed by atoms with Gasteiger partial charge in [-0.05, 0) is 66.5 Å². The molecule has 42 heavy (non-hydrogen) atoms. The summed E-state index contributed by atoms with van der Waals surface area (Å²) in [5, 5.41) is 2.96. The number of amides is 3. The van der Waals surface area contributed by atoms with Crippen LogP contribution in [0.5, 0.6) is 0 Å². The Balaban J connectivity index is 1.81. The van der Waals surface area contributed by atoms with Crippen molar-refractivity contribution in [3.63, 3.8) is 0 Å². The van der Waals surface area contributed by atoms with Gasteiger partial charge in [0.2, 0.25) is 17.6 Å². The molecular weight excluding hydrogens is 540 g/mol. The number of Topliss-reactive ketones (excluding diaryl/α,β-unsaturated/α-hetero) is 1. The lowest BCUT2D eigenvalue weighted by molar-refractivity contribution is -0.146. The quantitative estimate of drug-likeness (QED) is 0.367. The fourth-order valence-electron chi connectivity index (χ4n) is 5.08. The van der Waals surface area contributed by atoms with E-state index >= 15 is 0 Å². The van der Waals surface area contributed by atoms with Crippen molar-refractivity contribution in [3.8, 4) is 0 Å². The minimum absolute atomic E-state index is 0.150. The van der Waals surface area contributed by atoms with E-state index in [0.717, 1.165) is 12.0 Å². The van der Waals surface area contributed by atoms with Gasteiger partial charge in [0.15, 0.2) is 0 Å². The summed E-state index contributed by atoms with van der Waals surface area (Å²) in [5.41, 5.74) is 0.785. The topological polar surface area (TPSA) is 86.8 Å². The highest BCUT2D eigenvalue weighted by molar-refractivity contribution is 6.36. The predicted octanol–water partition coefficient (Wildman–Crippen LogP) is 4.72. The molecular formula is C33H43F2N3O4. The second-order valence-corrected chi connectivity index (χ2v) is 12.3. The standard InChI is InChI=1S/C33H43F2N3O4/c1-6-22(2)30(40)36-29(33(3,4)5)32(42)38-18-7-8-27(38)21-37(19-17-23-9-13-25(34)14-10-23)31(41)28(39)20-24-11-15-26(35)16-12-24/h9-16,22,27,29H,6-8,17-21H2,1-5H3,(H,36,40)/t22-,27+,29-/m1/s1. The van der Waals surface area contributed by atoms with Crippen LogP contribution in [0.1, 0.15) is 65.0 Å². The number of rotatable bonds is 12. The minimum Gasteiger partial charge on any atom is -0.344 e. The Morgan fingerprint density at radius 2 is 1.55 bits per heavy atom. The van der Waals surface area contributed by atoms with Gasteiger partial charge in [-0.3, -0.25) is 19.2 Å². The number of likely N-dealkylation sites (tertiary alicyclic amines) is 1. The Morgan fingerprint density at radius 1 is 0.976 bits per heavy atom. The van der Waals surface area contributed by atoms with Crippen LogP contribution in [-0.4, -0.2) is 65.0 Å². The van der Waals surface area contributed by atoms with E-state index in [1.165, 1.54) is 41.3 Å². The third-order valence-corrected chi connectivity index (χ3v) is 7.94. The third kappa shape index (κ3) is 8.94. The van der Waals surface area contributed by atoms with Gasteiger partial charge in [0.1, 0.15) is 17.7 Å². The van der Waals surface area contributed by atoms with Gasteiger partial charge in [0.25, 0.3) is 5.91 Å². The Bertz CT molecular complexity index is 1240. The van der Waals surface area contributed by atoms with Crippen LogP contribution in [0, 0.1) is 23.0 Å². The number of hydrogen-bond acceptors (Lipinski definition) is 4. The fourth-order valence-corrected chi connectivity index (χ4v) is 5.08. The predicted molar refractivity (Wildman–Crippen MR) is 157 cm³/mol. The van der Waals surface area contributed by atoms with Crippen molar-refractivity contribution in [2.75, 3.05) is 19.6 Å². The van der Waals surface area contributed by atoms with Gasteiger partial charge < -0.3 is 15.1 Å². The second-order valence-electron chi connectivity index (χ2n) is 12.3. The Kier molecular flexibility index (Phi) is 11.4. The molecule has 0 radical (unpaired) electrons. The summed E-state index contributed by atoms with van der Waals surface area (Å²) in [6, 6.07) is 10.3. The number of carbonyl (C=O) groups excluding carboxylic acids is 4. The number of carbonyl (C=O) groups is 4. The molecule has 9 heteroatoms. The Labute approximate surface area is 247 Å². The average molecular weight is 584 g/mol. The molecule has 0 saturated carbocycles. The van der Waals surface area contributed by atoms with Crippen LogP contribution in [0.4, 0.5) is 8.78 Å². The van der Waals surface area contributed by atoms with E-state index in [1.54, 1.807) is 17.0 Å². The first kappa shape index (κ1) is 32.9. The second kappa shape index (κ2) is 14.5. The summed E-state index contributed by atoms with van der Waals surface area (Å²) < 4.78 is 26.8. The number of benzene rings is 2. The van der Waals surface area contributed by atoms with Crippen LogP contribution < -0.4 is 5.32 Å². The maximum absolute atomic E-state index is 13.9. The van der Waals surface area contributed by atoms with E-state index in [9.17, 15) is 28.0 Å². The highest BCUT2D eigenvalue weighted by Gasteiger charge is 2.41. The summed E-state index contributed by atoms with van der Waals surface area (Å²) in [5.74, 6) is -2.73. The van der Waals surface area contributed by atoms with E-state index in [1.807, 2.05) is 34.6 Å². The molecule has 1 aliphatic heterocycles. The molecule has 0 aliphatic carbocycles. The number of nitrogens with zero attached hydrogens (tertiary/aromatic N) is 2. The van der Waals surface area contributed by atoms with Crippen LogP contribution in [-0.2, 0) is 32.0 Å². The molecule has 1 heterocycles. The van der Waals surface area contributed by atoms with E-state index < -0.39 is 29.0 Å². The van der Waals surface area contributed by atoms with Gasteiger partial charge in [-0.1, -0.05) is 58.9 Å². The molecule has 2 aromatic rings. The number of ketones is 1. The molecule has 3 amide bonds. The van der Waals surface area contributed by atoms with Crippen molar-refractivity contribution < 1.29 is 28.0 Å². The van der Waals surface area contributed by atoms with E-state index in [-0.39, 0.29) is 49.1 Å². The molecule has 228 valence electrons. The highest BCUT2D eigenvalue weighted by Crippen LogP contribution is 2.27. The molecule has 0 spiro atoms. The van der Waals surface area contributed by atoms with Crippen LogP contribution in [0.2, 0.25) is 0 Å². The van der Waals surface area contributed by atoms with Gasteiger partial charge in [-0.2, -0.15) is 0 Å². The fraction of sp³-hybridized carbons (Fsp3) is 0.515. The number of halogens is 2. The molecule has 0 bridgehead atoms. The maximum Gasteiger partial charge on any atom is 0.290 e. The minimum atomic E-state index is -0.747. The highest BCUT2D eigenvalue weighted by atomic mass is 19.1. The van der Waals surface area contributed by atoms with Gasteiger partial charge >= 0.3 is 0 Å². The van der Waals surface area contributed by atoms with Gasteiger partial charge in [0.05, 0.1) is 0 Å². The monoisotopic (exact) mass is 583 g/mol. The first-order valence-corrected chi connectivity index (χ1v) is 14.7. The Hall–Kier alpha value is -3.62. The van der Waals surface area contributed by atoms with E-state index in [0.29, 0.717) is 31.4 Å². The van der Waals surface area contributed by atoms with Gasteiger partial charge in [-0.15, -0.1) is 0 Å². The number of hydrogen-bond donors (Lipinski definition) is 1. The van der Waals surface area contributed by atoms with E-state index in [2.05, 4.69) is 5.32 Å². The zero-order valence-corrected chi connectivity index (χ0v) is 25.3. The summed E-state index contributed by atoms with van der Waals surface area (Å²) in [6.07, 6.45) is 2.25. The molecule has 3 atom stereocenters. The Morgan fingerprint density at radius 3 is 2.10 bits per heavy atom. The van der Waals surface area contributed by atoms with Crippen molar-refractivity contribution in [1.82, 2.24) is 15.1 Å². The maximum atomic E-state index is 13.9. The summed E-state index contributed by atoms with van der Waals surface area (Å²) in [6.45, 7) is 10.3. The van der Waals surface area contributed by atoms with Crippen LogP contribution in [0.3, 0.4) is 0 Å². The molecule has 7 nitrogen and oxygen atoms in total. The summed E-state index contributed by atoms with van der Waals surface area (Å²) in [7, 11) is 0. The van der Waals surface area contributed by atoms with Crippen molar-refractivity contribution in [2.45, 2.75) is 78.8 Å². The molecule has 2 aromatic carbocycles. The van der Waals surface area contributed by atoms with Crippen LogP contribution >= 0.6 is 0 Å². The zero-order valence-electron chi connectivity index (χ0n) is 25.3. The van der Waals surface area contributed by atoms with Crippen LogP contribution in [0.25, 0.3) is 0 Å². The molecule has 3 rings (SSSR count). The molecule has 1 saturated heterocycles. The summed E-state index contributed by atoms with van der Waals surface area (Å²) >= 11 is 0. The zero-order chi connectivity index (χ0) is 31.0. The van der Waals surface area contributed by atoms with Crippen molar-refractivity contribution in [3.05, 3.63) is 71.3 Å². The molecule has 1 fully saturated rings. The van der Waals surface area contributed by atoms with Gasteiger partial charge in [-0.25, -0.2) is 8.78 Å². The third-order valence-electron chi connectivity index (χ3n) is 7.94. The van der Waals surface area contributed by atoms with Crippen molar-refractivity contribution >= 4 is 23.5 Å². The van der Waals surface area contributed by atoms with Crippen molar-refractivity contribution in [1.29, 1.82) is 0 Å². The van der Waals surface area contributed by atoms with Gasteiger partial charge in [0, 0.05) is 38.0 Å². The molecule has 0 aromatic heterocycles. The largest absolute Gasteiger partial charge is 0.344 e. The van der Waals surface area contributed by atoms with Crippen LogP contribution in [0.15, 0.2) is 48.5 Å². The molecule has 1 N–H and O–H groups in total. The summed E-state index contributed by atoms with van der Waals surface area (Å²) in [4.78, 5) is 56.4. The molecule has 0 unspecified atom stereocenters. The lowest BCUT2D eigenvalue weighted by atomic mass is 9.85. The first-order valence-electron chi connectivity index (χ1n) is 14.7. The SMILES string of the molecule is CC[C@@H](C)C(=O)N[C@H](C(=O)N1CCC[C@H]1CN(CCc1ccc(F)cc1)C(=O)C(=O)Cc1ccc(F)cc1)C(C)(C)C. The normalized spacial score (nSPS) is 16.5. The van der Waals surface area contributed by atoms with E-state index in [4.69, 9.17) is 0 Å². The average Bonchev–Trinajstić information content (AvgIpc) is 3.42. The van der Waals surface area contributed by atoms with Crippen molar-refractivity contribution in [2.24, 2.45) is 11.3 Å². The number of nitrogens with one attached hydrogen (secondary N) is 1. The first-order chi connectivity index (χ1) is 19.8. The lowest BCUT2D eigenvalue weighted by Gasteiger charge is -2.37. The molecule has 1 aliphatic rings. The smallest absolute Gasteiger partial charge is 0.290 e. The lowest BCUT2D eigenvalue weighted by Crippen LogP contribution is -2.58.